The van der Waals surface area contributed by atoms with Crippen molar-refractivity contribution in [2.45, 2.75) is 26.6 Å². The van der Waals surface area contributed by atoms with Gasteiger partial charge in [0.2, 0.25) is 5.91 Å². The summed E-state index contributed by atoms with van der Waals surface area (Å²) in [6, 6.07) is 7.05. The number of rotatable bonds is 3. The van der Waals surface area contributed by atoms with E-state index in [0.29, 0.717) is 11.8 Å². The smallest absolute Gasteiger partial charge is 0.325 e. The average molecular weight is 324 g/mol. The van der Waals surface area contributed by atoms with Crippen molar-refractivity contribution >= 4 is 11.6 Å². The molecule has 1 aromatic heterocycles. The van der Waals surface area contributed by atoms with Gasteiger partial charge in [-0.1, -0.05) is 6.07 Å². The minimum absolute atomic E-state index is 0.490. The number of carbonyl (C=O) groups excluding carboxylic acids is 1. The topological polar surface area (TPSA) is 51.1 Å². The molecule has 0 bridgehead atoms. The molecule has 1 aromatic carbocycles. The van der Waals surface area contributed by atoms with Crippen LogP contribution in [-0.4, -0.2) is 10.5 Å². The number of aromatic nitrogens is 1. The number of benzene rings is 1. The largest absolute Gasteiger partial charge is 0.421 e. The summed E-state index contributed by atoms with van der Waals surface area (Å²) in [7, 11) is 0. The monoisotopic (exact) mass is 324 g/mol. The maximum absolute atomic E-state index is 12.7. The van der Waals surface area contributed by atoms with Gasteiger partial charge in [-0.3, -0.25) is 9.59 Å². The number of amides is 1. The van der Waals surface area contributed by atoms with Gasteiger partial charge in [0.1, 0.15) is 12.1 Å². The van der Waals surface area contributed by atoms with Gasteiger partial charge in [-0.25, -0.2) is 0 Å². The van der Waals surface area contributed by atoms with E-state index in [1.54, 1.807) is 12.1 Å². The quantitative estimate of drug-likeness (QED) is 0.943. The second-order valence-electron chi connectivity index (χ2n) is 5.20. The van der Waals surface area contributed by atoms with E-state index in [0.717, 1.165) is 28.0 Å². The SMILES string of the molecule is Cc1ccc(NC(=O)Cn2cccc(C(F)(F)F)c2=O)cc1C. The molecule has 0 fully saturated rings. The van der Waals surface area contributed by atoms with Crippen LogP contribution in [0.1, 0.15) is 16.7 Å². The first-order chi connectivity index (χ1) is 10.7. The Balaban J connectivity index is 2.18. The highest BCUT2D eigenvalue weighted by atomic mass is 19.4. The molecule has 0 saturated heterocycles. The van der Waals surface area contributed by atoms with Gasteiger partial charge in [-0.05, 0) is 49.2 Å². The number of anilines is 1. The standard InChI is InChI=1S/C16H15F3N2O2/c1-10-5-6-12(8-11(10)2)20-14(22)9-21-7-3-4-13(15(21)23)16(17,18)19/h3-8H,9H2,1-2H3,(H,20,22). The summed E-state index contributed by atoms with van der Waals surface area (Å²) in [4.78, 5) is 23.7. The predicted octanol–water partition coefficient (Wildman–Crippen LogP) is 3.12. The molecule has 1 heterocycles. The molecule has 122 valence electrons. The predicted molar refractivity (Wildman–Crippen MR) is 80.2 cm³/mol. The number of alkyl halides is 3. The number of aryl methyl sites for hydroxylation is 2. The van der Waals surface area contributed by atoms with Crippen molar-refractivity contribution in [3.63, 3.8) is 0 Å². The molecule has 0 aliphatic carbocycles. The first-order valence-electron chi connectivity index (χ1n) is 6.82. The van der Waals surface area contributed by atoms with Crippen molar-refractivity contribution in [3.8, 4) is 0 Å². The second kappa shape index (κ2) is 6.28. The molecule has 2 rings (SSSR count). The van der Waals surface area contributed by atoms with E-state index in [9.17, 15) is 22.8 Å². The maximum Gasteiger partial charge on any atom is 0.421 e. The van der Waals surface area contributed by atoms with E-state index in [1.165, 1.54) is 0 Å². The molecule has 0 aliphatic heterocycles. The van der Waals surface area contributed by atoms with Crippen LogP contribution in [0, 0.1) is 13.8 Å². The first kappa shape index (κ1) is 16.8. The number of nitrogens with zero attached hydrogens (tertiary/aromatic N) is 1. The normalized spacial score (nSPS) is 11.3. The Kier molecular flexibility index (Phi) is 4.58. The van der Waals surface area contributed by atoms with Gasteiger partial charge in [0.25, 0.3) is 5.56 Å². The van der Waals surface area contributed by atoms with Crippen molar-refractivity contribution in [3.05, 3.63) is 63.6 Å². The van der Waals surface area contributed by atoms with Crippen LogP contribution in [0.15, 0.2) is 41.3 Å². The molecule has 1 N–H and O–H groups in total. The van der Waals surface area contributed by atoms with Crippen LogP contribution >= 0.6 is 0 Å². The Bertz CT molecular complexity index is 795. The number of hydrogen-bond acceptors (Lipinski definition) is 2. The van der Waals surface area contributed by atoms with E-state index in [2.05, 4.69) is 5.32 Å². The van der Waals surface area contributed by atoms with Crippen LogP contribution in [0.3, 0.4) is 0 Å². The molecule has 7 heteroatoms. The average Bonchev–Trinajstić information content (AvgIpc) is 2.44. The Morgan fingerprint density at radius 1 is 1.17 bits per heavy atom. The summed E-state index contributed by atoms with van der Waals surface area (Å²) in [5.74, 6) is -0.574. The minimum atomic E-state index is -4.75. The van der Waals surface area contributed by atoms with Gasteiger partial charge in [0, 0.05) is 11.9 Å². The zero-order valence-corrected chi connectivity index (χ0v) is 12.6. The van der Waals surface area contributed by atoms with Crippen LogP contribution in [0.5, 0.6) is 0 Å². The summed E-state index contributed by atoms with van der Waals surface area (Å²) >= 11 is 0. The van der Waals surface area contributed by atoms with E-state index in [-0.39, 0.29) is 0 Å². The summed E-state index contributed by atoms with van der Waals surface area (Å²) < 4.78 is 38.8. The second-order valence-corrected chi connectivity index (χ2v) is 5.20. The Labute approximate surface area is 130 Å². The van der Waals surface area contributed by atoms with E-state index >= 15 is 0 Å². The van der Waals surface area contributed by atoms with Gasteiger partial charge in [0.15, 0.2) is 0 Å². The highest BCUT2D eigenvalue weighted by Gasteiger charge is 2.34. The van der Waals surface area contributed by atoms with Gasteiger partial charge >= 0.3 is 6.18 Å². The number of carbonyl (C=O) groups is 1. The molecule has 0 aliphatic rings. The number of nitrogens with one attached hydrogen (secondary N) is 1. The molecule has 0 atom stereocenters. The fraction of sp³-hybridized carbons (Fsp3) is 0.250. The van der Waals surface area contributed by atoms with Crippen LogP contribution in [0.25, 0.3) is 0 Å². The highest BCUT2D eigenvalue weighted by Crippen LogP contribution is 2.25. The number of hydrogen-bond donors (Lipinski definition) is 1. The fourth-order valence-electron chi connectivity index (χ4n) is 2.05. The maximum atomic E-state index is 12.7. The lowest BCUT2D eigenvalue weighted by Crippen LogP contribution is -2.31. The zero-order valence-electron chi connectivity index (χ0n) is 12.6. The molecular formula is C16H15F3N2O2. The van der Waals surface area contributed by atoms with E-state index < -0.39 is 29.8 Å². The van der Waals surface area contributed by atoms with Crippen LogP contribution < -0.4 is 10.9 Å². The van der Waals surface area contributed by atoms with E-state index in [1.807, 2.05) is 19.9 Å². The summed E-state index contributed by atoms with van der Waals surface area (Å²) in [5.41, 5.74) is 0.0171. The lowest BCUT2D eigenvalue weighted by Gasteiger charge is -2.11. The fourth-order valence-corrected chi connectivity index (χ4v) is 2.05. The van der Waals surface area contributed by atoms with E-state index in [4.69, 9.17) is 0 Å². The minimum Gasteiger partial charge on any atom is -0.325 e. The zero-order chi connectivity index (χ0) is 17.2. The molecule has 2 aromatic rings. The van der Waals surface area contributed by atoms with Crippen LogP contribution in [0.4, 0.5) is 18.9 Å². The summed E-state index contributed by atoms with van der Waals surface area (Å²) in [6.07, 6.45) is -3.60. The van der Waals surface area contributed by atoms with Crippen LogP contribution in [0.2, 0.25) is 0 Å². The highest BCUT2D eigenvalue weighted by molar-refractivity contribution is 5.90. The number of pyridine rings is 1. The Morgan fingerprint density at radius 3 is 2.48 bits per heavy atom. The first-order valence-corrected chi connectivity index (χ1v) is 6.82. The molecule has 0 unspecified atom stereocenters. The van der Waals surface area contributed by atoms with Crippen molar-refractivity contribution in [1.29, 1.82) is 0 Å². The van der Waals surface area contributed by atoms with Crippen molar-refractivity contribution in [1.82, 2.24) is 4.57 Å². The van der Waals surface area contributed by atoms with Gasteiger partial charge in [-0.15, -0.1) is 0 Å². The van der Waals surface area contributed by atoms with Crippen LogP contribution in [-0.2, 0) is 17.5 Å². The van der Waals surface area contributed by atoms with Gasteiger partial charge < -0.3 is 9.88 Å². The third-order valence-electron chi connectivity index (χ3n) is 3.43. The number of halogens is 3. The molecule has 23 heavy (non-hydrogen) atoms. The summed E-state index contributed by atoms with van der Waals surface area (Å²) in [6.45, 7) is 3.31. The van der Waals surface area contributed by atoms with Gasteiger partial charge in [-0.2, -0.15) is 13.2 Å². The summed E-state index contributed by atoms with van der Waals surface area (Å²) in [5, 5.41) is 2.56. The molecule has 0 spiro atoms. The molecule has 1 amide bonds. The van der Waals surface area contributed by atoms with Gasteiger partial charge in [0.05, 0.1) is 0 Å². The third-order valence-corrected chi connectivity index (χ3v) is 3.43. The lowest BCUT2D eigenvalue weighted by atomic mass is 10.1. The molecular weight excluding hydrogens is 309 g/mol. The lowest BCUT2D eigenvalue weighted by molar-refractivity contribution is -0.139. The Hall–Kier alpha value is -2.57. The molecule has 0 saturated carbocycles. The molecule has 4 nitrogen and oxygen atoms in total. The Morgan fingerprint density at radius 2 is 1.87 bits per heavy atom. The van der Waals surface area contributed by atoms with Crippen molar-refractivity contribution < 1.29 is 18.0 Å². The van der Waals surface area contributed by atoms with Crippen molar-refractivity contribution in [2.24, 2.45) is 0 Å². The van der Waals surface area contributed by atoms with Crippen molar-refractivity contribution in [2.75, 3.05) is 5.32 Å². The molecule has 0 radical (unpaired) electrons. The third kappa shape index (κ3) is 4.00.